The lowest BCUT2D eigenvalue weighted by atomic mass is 10.0. The zero-order valence-corrected chi connectivity index (χ0v) is 39.9. The molecule has 18 nitrogen and oxygen atoms in total. The monoisotopic (exact) mass is 944 g/mol. The number of nitrogens with one attached hydrogen (secondary N) is 3. The van der Waals surface area contributed by atoms with Gasteiger partial charge in [-0.15, -0.1) is 0 Å². The number of fused-ring (bicyclic) bond motifs is 4. The molecule has 69 heavy (non-hydrogen) atoms. The minimum absolute atomic E-state index is 0.0731. The van der Waals surface area contributed by atoms with Gasteiger partial charge < -0.3 is 50.3 Å². The first-order valence-electron chi connectivity index (χ1n) is 22.9. The highest BCUT2D eigenvalue weighted by molar-refractivity contribution is 6.07. The summed E-state index contributed by atoms with van der Waals surface area (Å²) in [4.78, 5) is 75.3. The molecule has 4 aliphatic heterocycles. The zero-order valence-electron chi connectivity index (χ0n) is 39.9. The molecule has 4 heterocycles. The van der Waals surface area contributed by atoms with Gasteiger partial charge >= 0.3 is 6.09 Å². The molecule has 0 aliphatic carbocycles. The Labute approximate surface area is 401 Å². The van der Waals surface area contributed by atoms with E-state index in [0.29, 0.717) is 41.1 Å². The van der Waals surface area contributed by atoms with Crippen LogP contribution in [0.5, 0.6) is 17.2 Å². The number of allylic oxidation sites excluding steroid dienone is 4. The molecule has 0 saturated carbocycles. The van der Waals surface area contributed by atoms with Crippen LogP contribution in [0.15, 0.2) is 101 Å². The lowest BCUT2D eigenvalue weighted by Crippen LogP contribution is -2.53. The lowest BCUT2D eigenvalue weighted by Gasteiger charge is -2.31. The molecule has 1 unspecified atom stereocenters. The molecule has 3 aromatic rings. The number of aryl methyl sites for hydroxylation is 1. The second kappa shape index (κ2) is 21.7. The Morgan fingerprint density at radius 1 is 0.884 bits per heavy atom. The van der Waals surface area contributed by atoms with E-state index in [9.17, 15) is 29.1 Å². The van der Waals surface area contributed by atoms with Crippen LogP contribution in [0.4, 0.5) is 21.9 Å². The molecule has 4 aliphatic rings. The third-order valence-electron chi connectivity index (χ3n) is 12.1. The highest BCUT2D eigenvalue weighted by atomic mass is 16.6. The van der Waals surface area contributed by atoms with Crippen LogP contribution in [0.2, 0.25) is 0 Å². The van der Waals surface area contributed by atoms with Crippen LogP contribution in [-0.2, 0) is 20.9 Å². The fourth-order valence-corrected chi connectivity index (χ4v) is 8.47. The number of aliphatic hydroxyl groups is 1. The molecule has 0 fully saturated rings. The topological polar surface area (TPSA) is 227 Å². The SMILES string of the molecule is C/C=C/C1=CN2C(=O)c3cc(C)c(OCCCOc4cc5c(cc4OC)C(=O)N4C=C(/C=C/C)C[C@H]4[C@H](O)N5C(=O)OCc4ccc(NNC(C)C(=O)N[C@H](C(N)=O)C(C)C)cc4)cc3N=C[C@@H]2C1. The van der Waals surface area contributed by atoms with E-state index in [4.69, 9.17) is 24.7 Å². The van der Waals surface area contributed by atoms with Gasteiger partial charge in [-0.05, 0) is 93.0 Å². The Kier molecular flexibility index (Phi) is 15.5. The number of carbonyl (C=O) groups excluding carboxylic acids is 5. The van der Waals surface area contributed by atoms with Crippen LogP contribution < -0.4 is 41.0 Å². The number of aliphatic imine (C=N–C) groups is 1. The number of primary amides is 1. The maximum atomic E-state index is 14.2. The van der Waals surface area contributed by atoms with Crippen LogP contribution in [-0.4, -0.2) is 102 Å². The minimum atomic E-state index is -1.51. The molecule has 0 bridgehead atoms. The number of nitrogens with two attached hydrogens (primary N) is 1. The van der Waals surface area contributed by atoms with Crippen molar-refractivity contribution in [2.45, 2.75) is 97.8 Å². The standard InChI is InChI=1S/C51H60N8O10/c1-8-11-33-20-36-25-53-39-23-42(30(5)19-37(39)48(62)57(36)26-33)67-17-10-18-68-44-24-40-38(22-43(44)66-7)49(63)58-27-34(12-9-2)21-41(58)50(64)59(40)51(65)69-28-32-13-15-35(16-14-32)56-55-31(6)47(61)54-45(29(3)4)46(52)60/h8-9,11-16,19,22-27,29,31,36,41,45,50,55-56,64H,10,17-18,20-21,28H2,1-7H3,(H2,52,60)(H,54,61)/b11-8+,12-9+/t31?,36-,41-,45-,50-/m0/s1. The number of hydrazine groups is 1. The summed E-state index contributed by atoms with van der Waals surface area (Å²) >= 11 is 0. The van der Waals surface area contributed by atoms with Gasteiger partial charge in [0.25, 0.3) is 11.8 Å². The second-order valence-electron chi connectivity index (χ2n) is 17.5. The number of aliphatic hydroxyl groups excluding tert-OH is 1. The number of benzene rings is 3. The molecule has 18 heteroatoms. The van der Waals surface area contributed by atoms with Crippen molar-refractivity contribution in [2.75, 3.05) is 30.6 Å². The number of hydrogen-bond acceptors (Lipinski definition) is 13. The van der Waals surface area contributed by atoms with Crippen molar-refractivity contribution in [1.29, 1.82) is 0 Å². The van der Waals surface area contributed by atoms with Gasteiger partial charge in [0.15, 0.2) is 17.7 Å². The molecule has 5 amide bonds. The van der Waals surface area contributed by atoms with Crippen LogP contribution in [0, 0.1) is 12.8 Å². The average Bonchev–Trinajstić information content (AvgIpc) is 3.90. The fraction of sp³-hybridized carbons (Fsp3) is 0.373. The number of amides is 5. The first kappa shape index (κ1) is 49.5. The molecule has 3 aromatic carbocycles. The van der Waals surface area contributed by atoms with E-state index in [0.717, 1.165) is 21.6 Å². The van der Waals surface area contributed by atoms with E-state index in [1.54, 1.807) is 74.5 Å². The summed E-state index contributed by atoms with van der Waals surface area (Å²) < 4.78 is 23.9. The highest BCUT2D eigenvalue weighted by Crippen LogP contribution is 2.42. The summed E-state index contributed by atoms with van der Waals surface area (Å²) in [5.41, 5.74) is 16.3. The number of rotatable bonds is 18. The van der Waals surface area contributed by atoms with E-state index in [-0.39, 0.29) is 66.9 Å². The van der Waals surface area contributed by atoms with Crippen molar-refractivity contribution in [3.63, 3.8) is 0 Å². The Morgan fingerprint density at radius 2 is 1.55 bits per heavy atom. The predicted octanol–water partition coefficient (Wildman–Crippen LogP) is 6.32. The largest absolute Gasteiger partial charge is 0.493 e. The van der Waals surface area contributed by atoms with Crippen molar-refractivity contribution in [3.05, 3.63) is 119 Å². The third-order valence-corrected chi connectivity index (χ3v) is 12.1. The molecule has 364 valence electrons. The van der Waals surface area contributed by atoms with Crippen molar-refractivity contribution >= 4 is 53.0 Å². The number of anilines is 2. The maximum absolute atomic E-state index is 14.2. The van der Waals surface area contributed by atoms with Crippen molar-refractivity contribution in [1.82, 2.24) is 20.5 Å². The Bertz CT molecular complexity index is 2620. The fourth-order valence-electron chi connectivity index (χ4n) is 8.47. The van der Waals surface area contributed by atoms with E-state index >= 15 is 0 Å². The van der Waals surface area contributed by atoms with E-state index < -0.39 is 48.2 Å². The summed E-state index contributed by atoms with van der Waals surface area (Å²) in [6, 6.07) is 10.9. The van der Waals surface area contributed by atoms with E-state index in [2.05, 4.69) is 21.2 Å². The summed E-state index contributed by atoms with van der Waals surface area (Å²) in [5, 5.41) is 14.6. The third kappa shape index (κ3) is 11.0. The first-order chi connectivity index (χ1) is 33.1. The predicted molar refractivity (Wildman–Crippen MR) is 260 cm³/mol. The summed E-state index contributed by atoms with van der Waals surface area (Å²) in [6.45, 7) is 11.1. The minimum Gasteiger partial charge on any atom is -0.493 e. The van der Waals surface area contributed by atoms with Crippen molar-refractivity contribution in [3.8, 4) is 17.2 Å². The molecular formula is C51H60N8O10. The zero-order chi connectivity index (χ0) is 49.5. The van der Waals surface area contributed by atoms with Gasteiger partial charge in [-0.2, -0.15) is 0 Å². The Morgan fingerprint density at radius 3 is 2.22 bits per heavy atom. The van der Waals surface area contributed by atoms with Crippen LogP contribution in [0.25, 0.3) is 0 Å². The van der Waals surface area contributed by atoms with Crippen LogP contribution in [0.1, 0.15) is 85.7 Å². The summed E-state index contributed by atoms with van der Waals surface area (Å²) in [6.07, 6.45) is 12.0. The van der Waals surface area contributed by atoms with E-state index in [1.807, 2.05) is 51.3 Å². The molecular weight excluding hydrogens is 885 g/mol. The average molecular weight is 945 g/mol. The number of hydrogen-bond donors (Lipinski definition) is 5. The van der Waals surface area contributed by atoms with Gasteiger partial charge in [0.1, 0.15) is 24.4 Å². The van der Waals surface area contributed by atoms with Gasteiger partial charge in [-0.3, -0.25) is 24.2 Å². The first-order valence-corrected chi connectivity index (χ1v) is 22.9. The van der Waals surface area contributed by atoms with Gasteiger partial charge in [0.2, 0.25) is 11.8 Å². The van der Waals surface area contributed by atoms with Gasteiger partial charge in [0.05, 0.1) is 54.9 Å². The number of carbonyl (C=O) groups is 5. The quantitative estimate of drug-likeness (QED) is 0.0698. The molecule has 0 spiro atoms. The molecule has 6 N–H and O–H groups in total. The van der Waals surface area contributed by atoms with Crippen molar-refractivity contribution < 1.29 is 48.0 Å². The normalized spacial score (nSPS) is 19.3. The molecule has 7 rings (SSSR count). The second-order valence-corrected chi connectivity index (χ2v) is 17.5. The number of methoxy groups -OCH3 is 1. The summed E-state index contributed by atoms with van der Waals surface area (Å²) in [7, 11) is 1.45. The molecule has 0 aromatic heterocycles. The molecule has 0 saturated heterocycles. The Hall–Kier alpha value is -7.44. The van der Waals surface area contributed by atoms with Crippen LogP contribution in [0.3, 0.4) is 0 Å². The van der Waals surface area contributed by atoms with Crippen LogP contribution >= 0.6 is 0 Å². The van der Waals surface area contributed by atoms with E-state index in [1.165, 1.54) is 24.1 Å². The lowest BCUT2D eigenvalue weighted by molar-refractivity contribution is -0.129. The number of ether oxygens (including phenoxy) is 4. The van der Waals surface area contributed by atoms with Crippen molar-refractivity contribution in [2.24, 2.45) is 16.6 Å². The highest BCUT2D eigenvalue weighted by Gasteiger charge is 2.45. The Balaban J connectivity index is 1.02. The van der Waals surface area contributed by atoms with Gasteiger partial charge in [-0.1, -0.05) is 50.3 Å². The van der Waals surface area contributed by atoms with Gasteiger partial charge in [-0.25, -0.2) is 15.1 Å². The number of nitrogens with zero attached hydrogens (tertiary/aromatic N) is 4. The maximum Gasteiger partial charge on any atom is 0.416 e. The smallest absolute Gasteiger partial charge is 0.416 e. The molecule has 0 radical (unpaired) electrons. The molecule has 5 atom stereocenters. The van der Waals surface area contributed by atoms with Gasteiger partial charge in [0, 0.05) is 42.9 Å². The summed E-state index contributed by atoms with van der Waals surface area (Å²) in [5.74, 6) is -0.736.